The van der Waals surface area contributed by atoms with Gasteiger partial charge in [-0.3, -0.25) is 0 Å². The number of nitrogens with one attached hydrogen (secondary N) is 1. The summed E-state index contributed by atoms with van der Waals surface area (Å²) in [6.45, 7) is 6.79. The molecule has 0 atom stereocenters. The number of hydrogen-bond acceptors (Lipinski definition) is 1. The Kier molecular flexibility index (Phi) is 6.19. The van der Waals surface area contributed by atoms with Gasteiger partial charge >= 0.3 is 0 Å². The first-order valence-electron chi connectivity index (χ1n) is 3.72. The van der Waals surface area contributed by atoms with E-state index in [0.29, 0.717) is 0 Å². The van der Waals surface area contributed by atoms with E-state index in [1.165, 1.54) is 5.57 Å². The highest BCUT2D eigenvalue weighted by atomic mass is 14.8. The Labute approximate surface area is 63.8 Å². The van der Waals surface area contributed by atoms with Crippen LogP contribution < -0.4 is 5.32 Å². The van der Waals surface area contributed by atoms with Gasteiger partial charge in [0, 0.05) is 6.54 Å². The van der Waals surface area contributed by atoms with Gasteiger partial charge in [-0.25, -0.2) is 0 Å². The summed E-state index contributed by atoms with van der Waals surface area (Å²) in [5.74, 6) is 0. The molecule has 10 heavy (non-hydrogen) atoms. The fraction of sp³-hybridized carbons (Fsp3) is 0.556. The molecule has 0 radical (unpaired) electrons. The highest BCUT2D eigenvalue weighted by Crippen LogP contribution is 1.96. The smallest absolute Gasteiger partial charge is 0.0158 e. The maximum Gasteiger partial charge on any atom is 0.0158 e. The first-order chi connectivity index (χ1) is 4.81. The Bertz CT molecular complexity index is 114. The highest BCUT2D eigenvalue weighted by molar-refractivity contribution is 5.00. The molecule has 0 aliphatic heterocycles. The molecule has 0 rings (SSSR count). The van der Waals surface area contributed by atoms with E-state index >= 15 is 0 Å². The minimum absolute atomic E-state index is 0.997. The molecule has 58 valence electrons. The van der Waals surface area contributed by atoms with Gasteiger partial charge in [0.1, 0.15) is 0 Å². The third kappa shape index (κ3) is 5.57. The van der Waals surface area contributed by atoms with E-state index in [-0.39, 0.29) is 0 Å². The van der Waals surface area contributed by atoms with Crippen LogP contribution in [0, 0.1) is 0 Å². The van der Waals surface area contributed by atoms with Crippen molar-refractivity contribution < 1.29 is 0 Å². The van der Waals surface area contributed by atoms with Crippen LogP contribution in [-0.2, 0) is 0 Å². The number of rotatable bonds is 5. The molecule has 1 heteroatoms. The molecule has 0 bridgehead atoms. The predicted molar refractivity (Wildman–Crippen MR) is 47.1 cm³/mol. The lowest BCUT2D eigenvalue weighted by Gasteiger charge is -1.97. The molecule has 0 spiro atoms. The van der Waals surface area contributed by atoms with Crippen LogP contribution in [0.3, 0.4) is 0 Å². The number of hydrogen-bond donors (Lipinski definition) is 1. The van der Waals surface area contributed by atoms with Gasteiger partial charge in [-0.05, 0) is 26.8 Å². The van der Waals surface area contributed by atoms with E-state index in [4.69, 9.17) is 0 Å². The van der Waals surface area contributed by atoms with Crippen LogP contribution in [0.4, 0.5) is 0 Å². The first-order valence-corrected chi connectivity index (χ1v) is 3.72. The largest absolute Gasteiger partial charge is 0.316 e. The van der Waals surface area contributed by atoms with Crippen molar-refractivity contribution in [2.24, 2.45) is 0 Å². The topological polar surface area (TPSA) is 12.0 Å². The Hall–Kier alpha value is -0.560. The molecule has 1 nitrogen and oxygen atoms in total. The zero-order valence-electron chi connectivity index (χ0n) is 6.98. The molecular weight excluding hydrogens is 122 g/mol. The van der Waals surface area contributed by atoms with E-state index in [0.717, 1.165) is 19.4 Å². The molecule has 0 heterocycles. The van der Waals surface area contributed by atoms with Crippen LogP contribution in [0.25, 0.3) is 0 Å². The van der Waals surface area contributed by atoms with Gasteiger partial charge < -0.3 is 5.32 Å². The van der Waals surface area contributed by atoms with E-state index in [2.05, 4.69) is 24.9 Å². The van der Waals surface area contributed by atoms with Gasteiger partial charge in [0.25, 0.3) is 0 Å². The Morgan fingerprint density at radius 2 is 2.20 bits per heavy atom. The van der Waals surface area contributed by atoms with Gasteiger partial charge in [-0.2, -0.15) is 0 Å². The van der Waals surface area contributed by atoms with Gasteiger partial charge in [0.15, 0.2) is 0 Å². The summed E-state index contributed by atoms with van der Waals surface area (Å²) < 4.78 is 0. The van der Waals surface area contributed by atoms with Crippen molar-refractivity contribution in [3.63, 3.8) is 0 Å². The van der Waals surface area contributed by atoms with Crippen LogP contribution in [-0.4, -0.2) is 13.6 Å². The first kappa shape index (κ1) is 9.44. The minimum Gasteiger partial charge on any atom is -0.316 e. The second kappa shape index (κ2) is 6.56. The average molecular weight is 139 g/mol. The van der Waals surface area contributed by atoms with Gasteiger partial charge in [-0.15, -0.1) is 6.58 Å². The molecular formula is C9H17N. The molecule has 0 amide bonds. The predicted octanol–water partition coefficient (Wildman–Crippen LogP) is 2.12. The molecule has 0 aromatic heterocycles. The number of likely N-dealkylation sites (N-methyl/N-ethyl adjacent to an activating group) is 1. The van der Waals surface area contributed by atoms with Crippen LogP contribution in [0.2, 0.25) is 0 Å². The Morgan fingerprint density at radius 3 is 2.70 bits per heavy atom. The normalized spacial score (nSPS) is 11.6. The molecule has 0 aliphatic carbocycles. The van der Waals surface area contributed by atoms with E-state index in [9.17, 15) is 0 Å². The maximum atomic E-state index is 3.66. The van der Waals surface area contributed by atoms with Gasteiger partial charge in [0.2, 0.25) is 0 Å². The average Bonchev–Trinajstić information content (AvgIpc) is 1.89. The summed E-state index contributed by atoms with van der Waals surface area (Å²) >= 11 is 0. The van der Waals surface area contributed by atoms with E-state index < -0.39 is 0 Å². The monoisotopic (exact) mass is 139 g/mol. The molecule has 0 saturated heterocycles. The van der Waals surface area contributed by atoms with Gasteiger partial charge in [-0.1, -0.05) is 17.7 Å². The second-order valence-corrected chi connectivity index (χ2v) is 2.45. The molecule has 0 fully saturated rings. The van der Waals surface area contributed by atoms with E-state index in [1.807, 2.05) is 13.1 Å². The van der Waals surface area contributed by atoms with Gasteiger partial charge in [0.05, 0.1) is 0 Å². The van der Waals surface area contributed by atoms with Crippen molar-refractivity contribution in [1.29, 1.82) is 0 Å². The minimum atomic E-state index is 0.997. The highest BCUT2D eigenvalue weighted by Gasteiger charge is 1.83. The summed E-state index contributed by atoms with van der Waals surface area (Å²) in [4.78, 5) is 0. The van der Waals surface area contributed by atoms with Crippen molar-refractivity contribution in [3.8, 4) is 0 Å². The van der Waals surface area contributed by atoms with Crippen molar-refractivity contribution in [1.82, 2.24) is 5.32 Å². The number of allylic oxidation sites excluding steroid dienone is 2. The van der Waals surface area contributed by atoms with Crippen molar-refractivity contribution >= 4 is 0 Å². The summed E-state index contributed by atoms with van der Waals surface area (Å²) in [6.07, 6.45) is 6.40. The molecule has 0 saturated carbocycles. The van der Waals surface area contributed by atoms with Crippen LogP contribution >= 0.6 is 0 Å². The van der Waals surface area contributed by atoms with Crippen molar-refractivity contribution in [2.75, 3.05) is 13.6 Å². The SMILES string of the molecule is C=CCC/C=C(\C)CNC. The van der Waals surface area contributed by atoms with Crippen molar-refractivity contribution in [2.45, 2.75) is 19.8 Å². The summed E-state index contributed by atoms with van der Waals surface area (Å²) in [7, 11) is 1.96. The lowest BCUT2D eigenvalue weighted by molar-refractivity contribution is 0.869. The summed E-state index contributed by atoms with van der Waals surface area (Å²) in [6, 6.07) is 0. The third-order valence-electron chi connectivity index (χ3n) is 1.32. The Morgan fingerprint density at radius 1 is 1.50 bits per heavy atom. The van der Waals surface area contributed by atoms with Crippen molar-refractivity contribution in [3.05, 3.63) is 24.3 Å². The third-order valence-corrected chi connectivity index (χ3v) is 1.32. The zero-order chi connectivity index (χ0) is 7.82. The Balaban J connectivity index is 3.36. The fourth-order valence-electron chi connectivity index (χ4n) is 0.799. The van der Waals surface area contributed by atoms with Crippen LogP contribution in [0.1, 0.15) is 19.8 Å². The summed E-state index contributed by atoms with van der Waals surface area (Å²) in [5.41, 5.74) is 1.41. The number of unbranched alkanes of at least 4 members (excludes halogenated alkanes) is 1. The van der Waals surface area contributed by atoms with Crippen LogP contribution in [0.15, 0.2) is 24.3 Å². The molecule has 1 N–H and O–H groups in total. The molecule has 0 aromatic carbocycles. The molecule has 0 aliphatic rings. The molecule has 0 aromatic rings. The lowest BCUT2D eigenvalue weighted by atomic mass is 10.2. The quantitative estimate of drug-likeness (QED) is 0.454. The van der Waals surface area contributed by atoms with E-state index in [1.54, 1.807) is 0 Å². The molecule has 0 unspecified atom stereocenters. The maximum absolute atomic E-state index is 3.66. The zero-order valence-corrected chi connectivity index (χ0v) is 6.98. The standard InChI is InChI=1S/C9H17N/c1-4-5-6-7-9(2)8-10-3/h4,7,10H,1,5-6,8H2,2-3H3/b9-7+. The fourth-order valence-corrected chi connectivity index (χ4v) is 0.799. The second-order valence-electron chi connectivity index (χ2n) is 2.45. The lowest BCUT2D eigenvalue weighted by Crippen LogP contribution is -2.08. The summed E-state index contributed by atoms with van der Waals surface area (Å²) in [5, 5.41) is 3.10. The van der Waals surface area contributed by atoms with Crippen LogP contribution in [0.5, 0.6) is 0 Å².